The van der Waals surface area contributed by atoms with Gasteiger partial charge in [-0.15, -0.1) is 0 Å². The molecule has 5 heteroatoms. The molecule has 18 heavy (non-hydrogen) atoms. The molecule has 2 rings (SSSR count). The second-order valence-electron chi connectivity index (χ2n) is 5.77. The average Bonchev–Trinajstić information content (AvgIpc) is 2.70. The average molecular weight is 315 g/mol. The van der Waals surface area contributed by atoms with Crippen molar-refractivity contribution in [2.45, 2.75) is 45.1 Å². The van der Waals surface area contributed by atoms with Crippen molar-refractivity contribution in [2.75, 3.05) is 13.1 Å². The Morgan fingerprint density at radius 1 is 1.50 bits per heavy atom. The van der Waals surface area contributed by atoms with E-state index in [9.17, 15) is 0 Å². The number of halogens is 1. The van der Waals surface area contributed by atoms with E-state index in [0.29, 0.717) is 16.7 Å². The van der Waals surface area contributed by atoms with Crippen molar-refractivity contribution in [3.63, 3.8) is 0 Å². The highest BCUT2D eigenvalue weighted by molar-refractivity contribution is 9.09. The molecule has 1 aliphatic heterocycles. The summed E-state index contributed by atoms with van der Waals surface area (Å²) >= 11 is 3.75. The van der Waals surface area contributed by atoms with E-state index in [2.05, 4.69) is 56.4 Å². The molecular weight excluding hydrogens is 292 g/mol. The molecule has 1 saturated heterocycles. The highest BCUT2D eigenvalue weighted by atomic mass is 79.9. The largest absolute Gasteiger partial charge is 0.296 e. The van der Waals surface area contributed by atoms with Crippen LogP contribution in [0.1, 0.15) is 33.0 Å². The molecule has 0 amide bonds. The van der Waals surface area contributed by atoms with Crippen LogP contribution in [0.3, 0.4) is 0 Å². The van der Waals surface area contributed by atoms with Crippen molar-refractivity contribution in [2.24, 2.45) is 11.8 Å². The van der Waals surface area contributed by atoms with Gasteiger partial charge in [-0.2, -0.15) is 5.10 Å². The molecule has 102 valence electrons. The number of alkyl halides is 1. The maximum Gasteiger partial charge on any atom is 0.141 e. The van der Waals surface area contributed by atoms with Crippen molar-refractivity contribution in [1.29, 1.82) is 0 Å². The number of hydrogen-bond donors (Lipinski definition) is 0. The molecule has 0 N–H and O–H groups in total. The lowest BCUT2D eigenvalue weighted by Crippen LogP contribution is -2.39. The molecule has 1 aromatic rings. The number of aromatic nitrogens is 3. The molecule has 1 aliphatic rings. The Labute approximate surface area is 118 Å². The van der Waals surface area contributed by atoms with Crippen molar-refractivity contribution >= 4 is 15.9 Å². The molecule has 1 fully saturated rings. The third-order valence-electron chi connectivity index (χ3n) is 3.48. The Kier molecular flexibility index (Phi) is 4.78. The van der Waals surface area contributed by atoms with E-state index < -0.39 is 0 Å². The summed E-state index contributed by atoms with van der Waals surface area (Å²) in [6, 6.07) is 0. The van der Waals surface area contributed by atoms with Crippen molar-refractivity contribution in [3.05, 3.63) is 12.2 Å². The number of nitrogens with zero attached hydrogens (tertiary/aromatic N) is 4. The van der Waals surface area contributed by atoms with Crippen LogP contribution in [0.4, 0.5) is 0 Å². The van der Waals surface area contributed by atoms with Gasteiger partial charge in [0.2, 0.25) is 0 Å². The highest BCUT2D eigenvalue weighted by Crippen LogP contribution is 2.24. The maximum absolute atomic E-state index is 4.41. The minimum Gasteiger partial charge on any atom is -0.296 e. The summed E-state index contributed by atoms with van der Waals surface area (Å²) in [5.74, 6) is 2.42. The van der Waals surface area contributed by atoms with Crippen LogP contribution in [-0.4, -0.2) is 37.6 Å². The first kappa shape index (κ1) is 14.0. The zero-order valence-electron chi connectivity index (χ0n) is 11.5. The summed E-state index contributed by atoms with van der Waals surface area (Å²) in [5.41, 5.74) is 0. The normalized spacial score (nSPS) is 25.8. The van der Waals surface area contributed by atoms with Gasteiger partial charge in [0, 0.05) is 17.9 Å². The van der Waals surface area contributed by atoms with Gasteiger partial charge in [0.1, 0.15) is 12.2 Å². The van der Waals surface area contributed by atoms with E-state index in [-0.39, 0.29) is 0 Å². The van der Waals surface area contributed by atoms with Crippen LogP contribution in [0.2, 0.25) is 0 Å². The number of hydrogen-bond acceptors (Lipinski definition) is 3. The summed E-state index contributed by atoms with van der Waals surface area (Å²) in [7, 11) is 0. The van der Waals surface area contributed by atoms with E-state index in [0.717, 1.165) is 32.0 Å². The lowest BCUT2D eigenvalue weighted by Gasteiger charge is -2.34. The molecule has 0 aromatic carbocycles. The summed E-state index contributed by atoms with van der Waals surface area (Å²) in [6.07, 6.45) is 2.90. The van der Waals surface area contributed by atoms with Crippen LogP contribution >= 0.6 is 15.9 Å². The van der Waals surface area contributed by atoms with Crippen molar-refractivity contribution in [3.8, 4) is 0 Å². The molecule has 1 aromatic heterocycles. The highest BCUT2D eigenvalue weighted by Gasteiger charge is 2.24. The van der Waals surface area contributed by atoms with Crippen molar-refractivity contribution in [1.82, 2.24) is 19.7 Å². The summed E-state index contributed by atoms with van der Waals surface area (Å²) in [4.78, 5) is 7.56. The quantitative estimate of drug-likeness (QED) is 0.801. The first-order chi connectivity index (χ1) is 8.56. The zero-order valence-corrected chi connectivity index (χ0v) is 13.1. The fourth-order valence-corrected chi connectivity index (χ4v) is 2.83. The molecule has 0 aliphatic carbocycles. The summed E-state index contributed by atoms with van der Waals surface area (Å²) in [5, 5.41) is 4.33. The molecule has 2 unspecified atom stereocenters. The summed E-state index contributed by atoms with van der Waals surface area (Å²) < 4.78 is 2.05. The van der Waals surface area contributed by atoms with Crippen molar-refractivity contribution < 1.29 is 0 Å². The molecular formula is C13H23BrN4. The SMILES string of the molecule is CC(C)Cn1ncnc1CN1CCC(Br)C(C)C1. The molecule has 0 saturated carbocycles. The number of rotatable bonds is 4. The summed E-state index contributed by atoms with van der Waals surface area (Å²) in [6.45, 7) is 10.9. The fraction of sp³-hybridized carbons (Fsp3) is 0.846. The fourth-order valence-electron chi connectivity index (χ4n) is 2.46. The van der Waals surface area contributed by atoms with Gasteiger partial charge < -0.3 is 0 Å². The maximum atomic E-state index is 4.41. The van der Waals surface area contributed by atoms with E-state index >= 15 is 0 Å². The number of piperidine rings is 1. The smallest absolute Gasteiger partial charge is 0.141 e. The van der Waals surface area contributed by atoms with Gasteiger partial charge in [0.25, 0.3) is 0 Å². The lowest BCUT2D eigenvalue weighted by molar-refractivity contribution is 0.176. The minimum atomic E-state index is 0.609. The Balaban J connectivity index is 1.95. The van der Waals surface area contributed by atoms with Crippen LogP contribution < -0.4 is 0 Å². The second-order valence-corrected chi connectivity index (χ2v) is 6.95. The molecule has 2 atom stereocenters. The van der Waals surface area contributed by atoms with Gasteiger partial charge >= 0.3 is 0 Å². The van der Waals surface area contributed by atoms with Crippen LogP contribution in [-0.2, 0) is 13.1 Å². The topological polar surface area (TPSA) is 34.0 Å². The van der Waals surface area contributed by atoms with Crippen LogP contribution in [0.25, 0.3) is 0 Å². The van der Waals surface area contributed by atoms with Gasteiger partial charge in [-0.25, -0.2) is 9.67 Å². The van der Waals surface area contributed by atoms with Crippen LogP contribution in [0.5, 0.6) is 0 Å². The molecule has 4 nitrogen and oxygen atoms in total. The Bertz CT molecular complexity index is 377. The van der Waals surface area contributed by atoms with Gasteiger partial charge in [-0.05, 0) is 24.8 Å². The minimum absolute atomic E-state index is 0.609. The Hall–Kier alpha value is -0.420. The van der Waals surface area contributed by atoms with Gasteiger partial charge in [-0.3, -0.25) is 4.90 Å². The molecule has 2 heterocycles. The van der Waals surface area contributed by atoms with E-state index in [4.69, 9.17) is 0 Å². The standard InChI is InChI=1S/C13H23BrN4/c1-10(2)6-18-13(15-9-16-18)8-17-5-4-12(14)11(3)7-17/h9-12H,4-8H2,1-3H3. The van der Waals surface area contributed by atoms with E-state index in [1.54, 1.807) is 6.33 Å². The Morgan fingerprint density at radius 3 is 2.94 bits per heavy atom. The first-order valence-electron chi connectivity index (χ1n) is 6.79. The van der Waals surface area contributed by atoms with Crippen LogP contribution in [0, 0.1) is 11.8 Å². The van der Waals surface area contributed by atoms with E-state index in [1.807, 2.05) is 0 Å². The molecule has 0 bridgehead atoms. The monoisotopic (exact) mass is 314 g/mol. The van der Waals surface area contributed by atoms with Gasteiger partial charge in [0.05, 0.1) is 6.54 Å². The first-order valence-corrected chi connectivity index (χ1v) is 7.71. The Morgan fingerprint density at radius 2 is 2.28 bits per heavy atom. The number of likely N-dealkylation sites (tertiary alicyclic amines) is 1. The molecule has 0 spiro atoms. The second kappa shape index (κ2) is 6.15. The predicted molar refractivity (Wildman–Crippen MR) is 76.6 cm³/mol. The lowest BCUT2D eigenvalue weighted by atomic mass is 10.0. The van der Waals surface area contributed by atoms with Gasteiger partial charge in [0.15, 0.2) is 0 Å². The third kappa shape index (κ3) is 3.54. The van der Waals surface area contributed by atoms with E-state index in [1.165, 1.54) is 6.42 Å². The van der Waals surface area contributed by atoms with Crippen LogP contribution in [0.15, 0.2) is 6.33 Å². The molecule has 0 radical (unpaired) electrons. The third-order valence-corrected chi connectivity index (χ3v) is 4.84. The van der Waals surface area contributed by atoms with Gasteiger partial charge in [-0.1, -0.05) is 36.7 Å². The zero-order chi connectivity index (χ0) is 13.1. The predicted octanol–water partition coefficient (Wildman–Crippen LogP) is 2.54.